The van der Waals surface area contributed by atoms with Crippen LogP contribution in [0.3, 0.4) is 0 Å². The summed E-state index contributed by atoms with van der Waals surface area (Å²) in [6, 6.07) is 18.1. The lowest BCUT2D eigenvalue weighted by atomic mass is 9.96. The van der Waals surface area contributed by atoms with E-state index >= 15 is 0 Å². The molecule has 3 aromatic carbocycles. The molecule has 2 aliphatic heterocycles. The predicted molar refractivity (Wildman–Crippen MR) is 141 cm³/mol. The largest absolute Gasteiger partial charge is 0.494 e. The number of benzene rings is 3. The quantitative estimate of drug-likeness (QED) is 0.341. The van der Waals surface area contributed by atoms with E-state index in [4.69, 9.17) is 24.1 Å². The molecule has 1 atom stereocenters. The first kappa shape index (κ1) is 24.4. The molecule has 0 radical (unpaired) electrons. The van der Waals surface area contributed by atoms with Gasteiger partial charge in [0.05, 0.1) is 26.2 Å². The summed E-state index contributed by atoms with van der Waals surface area (Å²) in [6.07, 6.45) is 4.04. The SMILES string of the molecule is CSCCCOc1ccc2c(c1)CCOc1ccc(COc3ccc4c(c3)OCC4CC(=O)O)cc1-2. The number of aliphatic carboxylic acids is 1. The van der Waals surface area contributed by atoms with Crippen molar-refractivity contribution >= 4 is 17.7 Å². The van der Waals surface area contributed by atoms with Gasteiger partial charge in [0, 0.05) is 29.5 Å². The van der Waals surface area contributed by atoms with E-state index in [0.29, 0.717) is 31.3 Å². The van der Waals surface area contributed by atoms with Crippen LogP contribution in [-0.2, 0) is 17.8 Å². The summed E-state index contributed by atoms with van der Waals surface area (Å²) in [6.45, 7) is 2.14. The van der Waals surface area contributed by atoms with Gasteiger partial charge in [-0.15, -0.1) is 0 Å². The maximum Gasteiger partial charge on any atom is 0.304 e. The molecule has 1 N–H and O–H groups in total. The molecule has 2 heterocycles. The van der Waals surface area contributed by atoms with Gasteiger partial charge in [0.1, 0.15) is 29.6 Å². The normalized spacial score (nSPS) is 15.5. The van der Waals surface area contributed by atoms with Gasteiger partial charge in [0.2, 0.25) is 0 Å². The Labute approximate surface area is 215 Å². The molecule has 0 aliphatic carbocycles. The van der Waals surface area contributed by atoms with E-state index in [1.54, 1.807) is 0 Å². The monoisotopic (exact) mass is 506 g/mol. The Hall–Kier alpha value is -3.32. The second-order valence-electron chi connectivity index (χ2n) is 9.04. The third-order valence-corrected chi connectivity index (χ3v) is 7.19. The molecule has 0 saturated heterocycles. The van der Waals surface area contributed by atoms with Gasteiger partial charge in [-0.1, -0.05) is 18.2 Å². The lowest BCUT2D eigenvalue weighted by molar-refractivity contribution is -0.137. The zero-order valence-corrected chi connectivity index (χ0v) is 21.1. The number of fused-ring (bicyclic) bond motifs is 4. The summed E-state index contributed by atoms with van der Waals surface area (Å²) >= 11 is 1.83. The van der Waals surface area contributed by atoms with Crippen molar-refractivity contribution in [2.24, 2.45) is 0 Å². The molecule has 2 aliphatic rings. The Bertz CT molecular complexity index is 1240. The molecule has 0 saturated carbocycles. The van der Waals surface area contributed by atoms with Crippen molar-refractivity contribution < 1.29 is 28.8 Å². The van der Waals surface area contributed by atoms with E-state index < -0.39 is 5.97 Å². The minimum atomic E-state index is -0.819. The van der Waals surface area contributed by atoms with Crippen LogP contribution in [0.4, 0.5) is 0 Å². The molecular formula is C29H30O6S. The molecule has 1 unspecified atom stereocenters. The Morgan fingerprint density at radius 2 is 1.86 bits per heavy atom. The molecule has 0 aromatic heterocycles. The van der Waals surface area contributed by atoms with E-state index in [1.807, 2.05) is 48.2 Å². The van der Waals surface area contributed by atoms with Crippen molar-refractivity contribution in [3.8, 4) is 34.1 Å². The number of hydrogen-bond donors (Lipinski definition) is 1. The fourth-order valence-corrected chi connectivity index (χ4v) is 5.10. The zero-order chi connectivity index (χ0) is 24.9. The van der Waals surface area contributed by atoms with Crippen LogP contribution in [-0.4, -0.2) is 42.9 Å². The molecule has 5 rings (SSSR count). The van der Waals surface area contributed by atoms with Crippen LogP contribution < -0.4 is 18.9 Å². The van der Waals surface area contributed by atoms with Crippen LogP contribution in [0.2, 0.25) is 0 Å². The maximum atomic E-state index is 11.1. The van der Waals surface area contributed by atoms with Gasteiger partial charge in [0.25, 0.3) is 0 Å². The second kappa shape index (κ2) is 11.2. The summed E-state index contributed by atoms with van der Waals surface area (Å²) in [7, 11) is 0. The number of ether oxygens (including phenoxy) is 4. The van der Waals surface area contributed by atoms with Gasteiger partial charge in [0.15, 0.2) is 0 Å². The fraction of sp³-hybridized carbons (Fsp3) is 0.345. The third kappa shape index (κ3) is 5.57. The summed E-state index contributed by atoms with van der Waals surface area (Å²) < 4.78 is 23.8. The highest BCUT2D eigenvalue weighted by molar-refractivity contribution is 7.98. The molecule has 0 amide bonds. The molecular weight excluding hydrogens is 476 g/mol. The number of thioether (sulfide) groups is 1. The Morgan fingerprint density at radius 3 is 2.72 bits per heavy atom. The third-order valence-electron chi connectivity index (χ3n) is 6.49. The minimum Gasteiger partial charge on any atom is -0.494 e. The molecule has 0 spiro atoms. The molecule has 36 heavy (non-hydrogen) atoms. The standard InChI is InChI=1S/C29H30O6S/c1-36-12-2-10-32-22-4-6-24-20(14-22)9-11-33-27-8-3-19(13-26(24)27)17-34-23-5-7-25-21(15-29(30)31)18-35-28(25)16-23/h3-8,13-14,16,21H,2,9-12,15,17-18H2,1H3,(H,30,31). The highest BCUT2D eigenvalue weighted by Gasteiger charge is 2.26. The maximum absolute atomic E-state index is 11.1. The predicted octanol–water partition coefficient (Wildman–Crippen LogP) is 5.95. The van der Waals surface area contributed by atoms with Crippen molar-refractivity contribution in [3.05, 3.63) is 71.3 Å². The highest BCUT2D eigenvalue weighted by Crippen LogP contribution is 2.40. The van der Waals surface area contributed by atoms with Crippen molar-refractivity contribution in [1.82, 2.24) is 0 Å². The Morgan fingerprint density at radius 1 is 1.00 bits per heavy atom. The topological polar surface area (TPSA) is 74.2 Å². The lowest BCUT2D eigenvalue weighted by Gasteiger charge is -2.13. The number of carboxylic acids is 1. The van der Waals surface area contributed by atoms with E-state index in [-0.39, 0.29) is 12.3 Å². The smallest absolute Gasteiger partial charge is 0.304 e. The summed E-state index contributed by atoms with van der Waals surface area (Å²) in [5.74, 6) is 3.34. The summed E-state index contributed by atoms with van der Waals surface area (Å²) in [4.78, 5) is 11.1. The number of hydrogen-bond acceptors (Lipinski definition) is 6. The zero-order valence-electron chi connectivity index (χ0n) is 20.3. The van der Waals surface area contributed by atoms with Gasteiger partial charge in [-0.05, 0) is 65.5 Å². The van der Waals surface area contributed by atoms with Crippen LogP contribution in [0, 0.1) is 0 Å². The van der Waals surface area contributed by atoms with Crippen molar-refractivity contribution in [3.63, 3.8) is 0 Å². The van der Waals surface area contributed by atoms with E-state index in [9.17, 15) is 4.79 Å². The van der Waals surface area contributed by atoms with Crippen LogP contribution in [0.25, 0.3) is 11.1 Å². The average Bonchev–Trinajstić information content (AvgIpc) is 3.17. The fourth-order valence-electron chi connectivity index (χ4n) is 4.69. The van der Waals surface area contributed by atoms with Crippen LogP contribution in [0.5, 0.6) is 23.0 Å². The Balaban J connectivity index is 1.29. The first-order valence-corrected chi connectivity index (χ1v) is 13.6. The minimum absolute atomic E-state index is 0.0670. The molecule has 6 nitrogen and oxygen atoms in total. The molecule has 7 heteroatoms. The van der Waals surface area contributed by atoms with Crippen LogP contribution in [0.1, 0.15) is 35.4 Å². The summed E-state index contributed by atoms with van der Waals surface area (Å²) in [5.41, 5.74) is 5.41. The number of rotatable bonds is 10. The molecule has 3 aromatic rings. The van der Waals surface area contributed by atoms with Crippen molar-refractivity contribution in [2.45, 2.75) is 31.8 Å². The Kier molecular flexibility index (Phi) is 7.56. The molecule has 188 valence electrons. The molecule has 0 fully saturated rings. The van der Waals surface area contributed by atoms with Gasteiger partial charge in [-0.2, -0.15) is 11.8 Å². The van der Waals surface area contributed by atoms with Gasteiger partial charge in [-0.3, -0.25) is 4.79 Å². The van der Waals surface area contributed by atoms with Gasteiger partial charge >= 0.3 is 5.97 Å². The number of carbonyl (C=O) groups is 1. The van der Waals surface area contributed by atoms with Crippen LogP contribution >= 0.6 is 11.8 Å². The van der Waals surface area contributed by atoms with E-state index in [2.05, 4.69) is 24.5 Å². The lowest BCUT2D eigenvalue weighted by Crippen LogP contribution is -2.07. The van der Waals surface area contributed by atoms with E-state index in [1.165, 1.54) is 5.56 Å². The van der Waals surface area contributed by atoms with Gasteiger partial charge in [-0.25, -0.2) is 0 Å². The number of carboxylic acid groups (broad SMARTS) is 1. The first-order valence-electron chi connectivity index (χ1n) is 12.2. The van der Waals surface area contributed by atoms with Crippen molar-refractivity contribution in [1.29, 1.82) is 0 Å². The highest BCUT2D eigenvalue weighted by atomic mass is 32.2. The van der Waals surface area contributed by atoms with Crippen molar-refractivity contribution in [2.75, 3.05) is 31.8 Å². The summed E-state index contributed by atoms with van der Waals surface area (Å²) in [5, 5.41) is 9.10. The average molecular weight is 507 g/mol. The first-order chi connectivity index (χ1) is 17.6. The second-order valence-corrected chi connectivity index (χ2v) is 10.0. The van der Waals surface area contributed by atoms with E-state index in [0.717, 1.165) is 59.0 Å². The van der Waals surface area contributed by atoms with Crippen LogP contribution in [0.15, 0.2) is 54.6 Å². The molecule has 0 bridgehead atoms. The van der Waals surface area contributed by atoms with Gasteiger partial charge < -0.3 is 24.1 Å².